The highest BCUT2D eigenvalue weighted by Gasteiger charge is 2.31. The van der Waals surface area contributed by atoms with E-state index in [1.807, 2.05) is 0 Å². The zero-order chi connectivity index (χ0) is 40.6. The fourth-order valence-corrected chi connectivity index (χ4v) is 11.2. The molecule has 0 radical (unpaired) electrons. The van der Waals surface area contributed by atoms with E-state index < -0.39 is 0 Å². The van der Waals surface area contributed by atoms with Gasteiger partial charge in [-0.2, -0.15) is 0 Å². The normalized spacial score (nSPS) is 12.1. The molecular formula is C56H50O2. The van der Waals surface area contributed by atoms with Crippen molar-refractivity contribution in [1.82, 2.24) is 0 Å². The van der Waals surface area contributed by atoms with E-state index >= 15 is 0 Å². The van der Waals surface area contributed by atoms with E-state index in [1.165, 1.54) is 111 Å². The Morgan fingerprint density at radius 1 is 0.276 bits per heavy atom. The molecule has 0 fully saturated rings. The van der Waals surface area contributed by atoms with Crippen molar-refractivity contribution in [2.75, 3.05) is 0 Å². The van der Waals surface area contributed by atoms with Crippen LogP contribution < -0.4 is 0 Å². The van der Waals surface area contributed by atoms with Gasteiger partial charge in [0.1, 0.15) is 22.3 Å². The van der Waals surface area contributed by atoms with E-state index in [0.29, 0.717) is 0 Å². The third kappa shape index (κ3) is 5.17. The molecule has 0 atom stereocenters. The molecule has 0 amide bonds. The summed E-state index contributed by atoms with van der Waals surface area (Å²) in [7, 11) is 0. The van der Waals surface area contributed by atoms with Gasteiger partial charge in [-0.1, -0.05) is 70.8 Å². The van der Waals surface area contributed by atoms with Crippen LogP contribution in [0, 0.1) is 83.1 Å². The van der Waals surface area contributed by atoms with Crippen molar-refractivity contribution in [1.29, 1.82) is 0 Å². The Hall–Kier alpha value is -6.12. The third-order valence-electron chi connectivity index (χ3n) is 12.9. The minimum atomic E-state index is 0.871. The lowest BCUT2D eigenvalue weighted by Crippen LogP contribution is -2.02. The molecule has 0 N–H and O–H groups in total. The summed E-state index contributed by atoms with van der Waals surface area (Å²) in [6.45, 7) is 26.7. The monoisotopic (exact) mass is 754 g/mol. The van der Waals surface area contributed by atoms with E-state index in [9.17, 15) is 0 Å². The smallest absolute Gasteiger partial charge is 0.143 e. The molecular weight excluding hydrogens is 705 g/mol. The second-order valence-electron chi connectivity index (χ2n) is 17.6. The van der Waals surface area contributed by atoms with Crippen molar-refractivity contribution >= 4 is 43.9 Å². The van der Waals surface area contributed by atoms with E-state index in [1.54, 1.807) is 0 Å². The fourth-order valence-electron chi connectivity index (χ4n) is 11.2. The first-order valence-electron chi connectivity index (χ1n) is 20.7. The lowest BCUT2D eigenvalue weighted by molar-refractivity contribution is 0.647. The zero-order valence-electron chi connectivity index (χ0n) is 35.9. The summed E-state index contributed by atoms with van der Waals surface area (Å²) in [4.78, 5) is 0. The number of benzene rings is 8. The van der Waals surface area contributed by atoms with Gasteiger partial charge in [-0.05, 0) is 208 Å². The highest BCUT2D eigenvalue weighted by molar-refractivity contribution is 6.29. The Morgan fingerprint density at radius 2 is 0.534 bits per heavy atom. The van der Waals surface area contributed by atoms with Gasteiger partial charge < -0.3 is 8.83 Å². The van der Waals surface area contributed by atoms with Crippen LogP contribution >= 0.6 is 0 Å². The van der Waals surface area contributed by atoms with Gasteiger partial charge in [0.25, 0.3) is 0 Å². The molecule has 2 heterocycles. The summed E-state index contributed by atoms with van der Waals surface area (Å²) < 4.78 is 14.8. The minimum absolute atomic E-state index is 0.871. The van der Waals surface area contributed by atoms with Crippen LogP contribution in [0.1, 0.15) is 66.8 Å². The van der Waals surface area contributed by atoms with Crippen molar-refractivity contribution in [3.63, 3.8) is 0 Å². The van der Waals surface area contributed by atoms with Crippen molar-refractivity contribution in [3.8, 4) is 55.6 Å². The summed E-state index contributed by atoms with van der Waals surface area (Å²) in [5, 5.41) is 4.59. The summed E-state index contributed by atoms with van der Waals surface area (Å²) >= 11 is 0. The summed E-state index contributed by atoms with van der Waals surface area (Å²) in [5.74, 6) is 0. The number of hydrogen-bond acceptors (Lipinski definition) is 2. The predicted octanol–water partition coefficient (Wildman–Crippen LogP) is 16.4. The molecule has 58 heavy (non-hydrogen) atoms. The Bertz CT molecular complexity index is 3020. The summed E-state index contributed by atoms with van der Waals surface area (Å²) in [6.07, 6.45) is 0. The minimum Gasteiger partial charge on any atom is -0.455 e. The maximum absolute atomic E-state index is 7.40. The molecule has 286 valence electrons. The van der Waals surface area contributed by atoms with Gasteiger partial charge in [-0.3, -0.25) is 0 Å². The molecule has 2 aliphatic heterocycles. The van der Waals surface area contributed by atoms with Gasteiger partial charge in [0, 0.05) is 33.0 Å². The van der Waals surface area contributed by atoms with Crippen LogP contribution in [-0.2, 0) is 0 Å². The molecule has 0 aromatic heterocycles. The first-order chi connectivity index (χ1) is 27.7. The fraction of sp³-hybridized carbons (Fsp3) is 0.214. The molecule has 0 saturated heterocycles. The second kappa shape index (κ2) is 12.7. The van der Waals surface area contributed by atoms with Gasteiger partial charge in [0.05, 0.1) is 0 Å². The summed E-state index contributed by atoms with van der Waals surface area (Å²) in [5.41, 5.74) is 30.6. The highest BCUT2D eigenvalue weighted by Crippen LogP contribution is 2.55. The topological polar surface area (TPSA) is 26.3 Å². The van der Waals surface area contributed by atoms with Crippen molar-refractivity contribution in [3.05, 3.63) is 152 Å². The Balaban J connectivity index is 1.45. The molecule has 2 heteroatoms. The van der Waals surface area contributed by atoms with Crippen molar-refractivity contribution in [2.45, 2.75) is 83.1 Å². The highest BCUT2D eigenvalue weighted by atomic mass is 16.3. The molecule has 8 aromatic rings. The molecule has 2 aliphatic rings. The number of aryl methyl sites for hydroxylation is 12. The molecule has 0 saturated carbocycles. The van der Waals surface area contributed by atoms with Crippen LogP contribution in [0.15, 0.2) is 93.8 Å². The maximum Gasteiger partial charge on any atom is 0.143 e. The van der Waals surface area contributed by atoms with E-state index in [4.69, 9.17) is 8.83 Å². The second-order valence-corrected chi connectivity index (χ2v) is 17.6. The van der Waals surface area contributed by atoms with Gasteiger partial charge >= 0.3 is 0 Å². The van der Waals surface area contributed by atoms with Gasteiger partial charge in [-0.15, -0.1) is 0 Å². The quantitative estimate of drug-likeness (QED) is 0.132. The Kier molecular flexibility index (Phi) is 7.93. The molecule has 0 aliphatic carbocycles. The Labute approximate surface area is 341 Å². The predicted molar refractivity (Wildman–Crippen MR) is 247 cm³/mol. The third-order valence-corrected chi connectivity index (χ3v) is 12.9. The maximum atomic E-state index is 7.40. The molecule has 2 nitrogen and oxygen atoms in total. The van der Waals surface area contributed by atoms with Crippen molar-refractivity contribution < 1.29 is 8.83 Å². The number of hydrogen-bond donors (Lipinski definition) is 0. The van der Waals surface area contributed by atoms with E-state index in [0.717, 1.165) is 55.4 Å². The molecule has 0 bridgehead atoms. The van der Waals surface area contributed by atoms with E-state index in [-0.39, 0.29) is 0 Å². The van der Waals surface area contributed by atoms with Crippen LogP contribution in [0.5, 0.6) is 0 Å². The SMILES string of the molecule is Cc1cc(C)c(-c2cc(-c3c(C)cc(C)cc3C)c3oc4ccc5c(-c6c(C)cc(C)cc6C)cc(-c6c(C)cc(C)cc6C)c6oc7ccc2c3c7-c4c56)c(C)c1. The number of rotatable bonds is 4. The van der Waals surface area contributed by atoms with Crippen LogP contribution in [0.25, 0.3) is 99.5 Å². The lowest BCUT2D eigenvalue weighted by atomic mass is 9.80. The average Bonchev–Trinajstić information content (AvgIpc) is 3.13. The van der Waals surface area contributed by atoms with Gasteiger partial charge in [-0.25, -0.2) is 0 Å². The summed E-state index contributed by atoms with van der Waals surface area (Å²) in [6, 6.07) is 32.3. The molecule has 10 rings (SSSR count). The first-order valence-corrected chi connectivity index (χ1v) is 20.7. The first kappa shape index (κ1) is 36.2. The van der Waals surface area contributed by atoms with Gasteiger partial charge in [0.15, 0.2) is 0 Å². The Morgan fingerprint density at radius 3 is 0.810 bits per heavy atom. The van der Waals surface area contributed by atoms with Crippen LogP contribution in [0.3, 0.4) is 0 Å². The lowest BCUT2D eigenvalue weighted by Gasteiger charge is -2.26. The molecule has 0 unspecified atom stereocenters. The molecule has 8 aromatic carbocycles. The average molecular weight is 755 g/mol. The van der Waals surface area contributed by atoms with Crippen LogP contribution in [0.2, 0.25) is 0 Å². The van der Waals surface area contributed by atoms with Crippen LogP contribution in [0.4, 0.5) is 0 Å². The van der Waals surface area contributed by atoms with E-state index in [2.05, 4.69) is 168 Å². The van der Waals surface area contributed by atoms with Crippen molar-refractivity contribution in [2.24, 2.45) is 0 Å². The van der Waals surface area contributed by atoms with Crippen LogP contribution in [-0.4, -0.2) is 0 Å². The zero-order valence-corrected chi connectivity index (χ0v) is 35.9. The largest absolute Gasteiger partial charge is 0.455 e. The van der Waals surface area contributed by atoms with Gasteiger partial charge in [0.2, 0.25) is 0 Å². The standard InChI is InChI=1S/C56H50O2/c1-27-17-31(5)47(32(6)18-27)41-25-43(49-35(9)21-29(3)22-36(49)10)55-51-39(41)13-15-45-53(51)54-46(57-55)16-14-40-42(48-33(7)19-28(2)20-34(48)8)26-44(56(58-45)52(40)54)50-37(11)23-30(4)24-38(50)12/h13-26H,1-12H3. The molecule has 0 spiro atoms.